The lowest BCUT2D eigenvalue weighted by Gasteiger charge is -2.15. The Balaban J connectivity index is 0.000000178. The number of phenolic OH excluding ortho intramolecular Hbond substituents is 1. The van der Waals surface area contributed by atoms with Crippen molar-refractivity contribution in [3.8, 4) is 5.75 Å². The molecule has 6 heterocycles. The number of nitrogens with two attached hydrogens (primary N) is 1. The molecule has 0 bridgehead atoms. The van der Waals surface area contributed by atoms with Gasteiger partial charge in [-0.2, -0.15) is 8.42 Å². The van der Waals surface area contributed by atoms with Crippen LogP contribution in [-0.4, -0.2) is 66.5 Å². The molecular weight excluding hydrogens is 1180 g/mol. The van der Waals surface area contributed by atoms with E-state index in [1.807, 2.05) is 51.1 Å². The molecule has 0 saturated heterocycles. The predicted octanol–water partition coefficient (Wildman–Crippen LogP) is 14.4. The van der Waals surface area contributed by atoms with Gasteiger partial charge in [0.15, 0.2) is 36.6 Å². The standard InChI is InChI=1S/C18H19ClN2O3S.C18H19ClN2OS.C13H13ClN2O3S.C8H11NO3S/c1-11(13-7-5-6-10-20-13)25(22,23)16-12(19)8-9-14-15(16)24-17(21-14)18(2,3)4;1-11(13-7-5-6-10-20-13)23-16-12(19)8-9-14-15(16)22-17(21-14)18(2,3)4;1-8(11-4-2-3-7-16-11)20(18,19)13-9(14)5-6-10(15)12(13)17;1-7(12-13(2,10)11)8-5-3-4-6-9-8/h5-11H,1-4H3;5-11H,1-4H3;2-8,17H,15H2,1H3;3-7H,1-2H3. The number of aromatic hydroxyl groups is 1. The van der Waals surface area contributed by atoms with E-state index in [4.69, 9.17) is 53.6 Å². The van der Waals surface area contributed by atoms with E-state index in [2.05, 4.69) is 57.6 Å². The highest BCUT2D eigenvalue weighted by Gasteiger charge is 2.34. The summed E-state index contributed by atoms with van der Waals surface area (Å²) in [5, 5.41) is 8.99. The van der Waals surface area contributed by atoms with Gasteiger partial charge in [0.2, 0.25) is 11.8 Å². The number of hydrogen-bond donors (Lipinski definition) is 2. The Morgan fingerprint density at radius 2 is 0.938 bits per heavy atom. The lowest BCUT2D eigenvalue weighted by atomic mass is 9.97. The van der Waals surface area contributed by atoms with E-state index < -0.39 is 52.1 Å². The lowest BCUT2D eigenvalue weighted by molar-refractivity contribution is 0.232. The topological polar surface area (TPSA) is 262 Å². The van der Waals surface area contributed by atoms with Gasteiger partial charge in [0, 0.05) is 40.9 Å². The maximum Gasteiger partial charge on any atom is 0.265 e. The van der Waals surface area contributed by atoms with Crippen LogP contribution in [0, 0.1) is 0 Å². The van der Waals surface area contributed by atoms with E-state index in [0.29, 0.717) is 33.5 Å². The van der Waals surface area contributed by atoms with Crippen molar-refractivity contribution in [3.05, 3.63) is 184 Å². The SMILES string of the molecule is CC(OS(C)(=O)=O)c1ccccn1.CC(Sc1c(Cl)ccc2nc(C(C)(C)C)oc12)c1ccccn1.CC(c1ccccn1)S(=O)(=O)c1c(Cl)ccc(N)c1O.CC(c1ccccn1)S(=O)(=O)c1c(Cl)ccc2nc(C(C)(C)C)oc12. The van der Waals surface area contributed by atoms with Crippen LogP contribution in [0.3, 0.4) is 0 Å². The number of aromatic nitrogens is 6. The van der Waals surface area contributed by atoms with E-state index >= 15 is 0 Å². The number of phenols is 1. The molecule has 0 aliphatic carbocycles. The highest BCUT2D eigenvalue weighted by Crippen LogP contribution is 2.44. The third kappa shape index (κ3) is 16.1. The van der Waals surface area contributed by atoms with Gasteiger partial charge in [-0.1, -0.05) is 101 Å². The smallest absolute Gasteiger partial charge is 0.265 e. The van der Waals surface area contributed by atoms with Crippen LogP contribution in [0.1, 0.15) is 126 Å². The molecule has 0 fully saturated rings. The van der Waals surface area contributed by atoms with E-state index in [9.17, 15) is 30.4 Å². The third-order valence-electron chi connectivity index (χ3n) is 11.9. The van der Waals surface area contributed by atoms with Crippen LogP contribution >= 0.6 is 46.6 Å². The summed E-state index contributed by atoms with van der Waals surface area (Å²) in [6.45, 7) is 18.9. The van der Waals surface area contributed by atoms with Crippen LogP contribution in [0.15, 0.2) is 158 Å². The second kappa shape index (κ2) is 26.4. The molecule has 0 amide bonds. The minimum Gasteiger partial charge on any atom is -0.504 e. The van der Waals surface area contributed by atoms with Gasteiger partial charge < -0.3 is 19.7 Å². The molecule has 9 aromatic rings. The van der Waals surface area contributed by atoms with Crippen LogP contribution in [0.4, 0.5) is 5.69 Å². The number of fused-ring (bicyclic) bond motifs is 2. The lowest BCUT2D eigenvalue weighted by Crippen LogP contribution is -2.13. The maximum atomic E-state index is 13.2. The first kappa shape index (κ1) is 64.0. The molecule has 3 N–H and O–H groups in total. The number of hydrogen-bond acceptors (Lipinski definition) is 18. The molecule has 0 aliphatic heterocycles. The molecule has 0 aliphatic rings. The monoisotopic (exact) mass is 1240 g/mol. The molecule has 24 heteroatoms. The molecule has 4 unspecified atom stereocenters. The number of thioether (sulfide) groups is 1. The van der Waals surface area contributed by atoms with Crippen molar-refractivity contribution in [2.24, 2.45) is 0 Å². The minimum absolute atomic E-state index is 0.0344. The Labute approximate surface area is 492 Å². The average Bonchev–Trinajstić information content (AvgIpc) is 4.08. The minimum atomic E-state index is -3.90. The van der Waals surface area contributed by atoms with Gasteiger partial charge in [0.05, 0.1) is 54.7 Å². The molecule has 0 saturated carbocycles. The van der Waals surface area contributed by atoms with Gasteiger partial charge in [-0.15, -0.1) is 11.8 Å². The maximum absolute atomic E-state index is 13.2. The first-order valence-electron chi connectivity index (χ1n) is 24.9. The number of halogens is 3. The second-order valence-corrected chi connectivity index (χ2v) is 29.0. The van der Waals surface area contributed by atoms with Crippen LogP contribution in [-0.2, 0) is 44.8 Å². The number of oxazole rings is 2. The number of pyridine rings is 4. The fourth-order valence-corrected chi connectivity index (χ4v) is 13.4. The van der Waals surface area contributed by atoms with Crippen molar-refractivity contribution in [2.45, 2.75) is 117 Å². The fourth-order valence-electron chi connectivity index (χ4n) is 7.42. The van der Waals surface area contributed by atoms with E-state index in [1.54, 1.807) is 105 Å². The van der Waals surface area contributed by atoms with Gasteiger partial charge in [-0.3, -0.25) is 24.1 Å². The zero-order valence-electron chi connectivity index (χ0n) is 46.2. The zero-order chi connectivity index (χ0) is 59.8. The summed E-state index contributed by atoms with van der Waals surface area (Å²) < 4.78 is 89.7. The number of benzene rings is 3. The number of anilines is 1. The van der Waals surface area contributed by atoms with Crippen molar-refractivity contribution in [3.63, 3.8) is 0 Å². The molecule has 4 atom stereocenters. The van der Waals surface area contributed by atoms with Gasteiger partial charge in [-0.25, -0.2) is 26.8 Å². The van der Waals surface area contributed by atoms with E-state index in [1.165, 1.54) is 31.3 Å². The van der Waals surface area contributed by atoms with Gasteiger partial charge >= 0.3 is 0 Å². The largest absolute Gasteiger partial charge is 0.504 e. The third-order valence-corrected chi connectivity index (χ3v) is 19.3. The Kier molecular flexibility index (Phi) is 20.8. The van der Waals surface area contributed by atoms with E-state index in [0.717, 1.165) is 33.8 Å². The molecular formula is C57H62Cl3N7O10S4. The van der Waals surface area contributed by atoms with Crippen molar-refractivity contribution in [1.82, 2.24) is 29.9 Å². The molecule has 81 heavy (non-hydrogen) atoms. The number of rotatable bonds is 12. The summed E-state index contributed by atoms with van der Waals surface area (Å²) in [5.41, 5.74) is 9.71. The Morgan fingerprint density at radius 3 is 1.38 bits per heavy atom. The molecule has 17 nitrogen and oxygen atoms in total. The molecule has 430 valence electrons. The van der Waals surface area contributed by atoms with Crippen molar-refractivity contribution < 1.29 is 43.4 Å². The number of nitrogen functional groups attached to an aromatic ring is 1. The van der Waals surface area contributed by atoms with Crippen LogP contribution < -0.4 is 5.73 Å². The van der Waals surface area contributed by atoms with Crippen molar-refractivity contribution in [2.75, 3.05) is 12.0 Å². The van der Waals surface area contributed by atoms with Crippen LogP contribution in [0.2, 0.25) is 15.1 Å². The number of nitrogens with zero attached hydrogens (tertiary/aromatic N) is 6. The first-order chi connectivity index (χ1) is 37.8. The molecule has 9 rings (SSSR count). The summed E-state index contributed by atoms with van der Waals surface area (Å²) in [4.78, 5) is 26.1. The molecule has 0 radical (unpaired) electrons. The summed E-state index contributed by atoms with van der Waals surface area (Å²) in [6.07, 6.45) is 6.96. The quantitative estimate of drug-likeness (QED) is 0.0498. The van der Waals surface area contributed by atoms with Crippen LogP contribution in [0.5, 0.6) is 5.75 Å². The highest BCUT2D eigenvalue weighted by atomic mass is 35.5. The zero-order valence-corrected chi connectivity index (χ0v) is 51.7. The van der Waals surface area contributed by atoms with Crippen molar-refractivity contribution >= 4 is 104 Å². The summed E-state index contributed by atoms with van der Waals surface area (Å²) in [5.74, 6) is 0.661. The van der Waals surface area contributed by atoms with E-state index in [-0.39, 0.29) is 47.2 Å². The summed E-state index contributed by atoms with van der Waals surface area (Å²) in [7, 11) is -11.1. The first-order valence-corrected chi connectivity index (χ1v) is 31.9. The summed E-state index contributed by atoms with van der Waals surface area (Å²) >= 11 is 20.2. The fraction of sp³-hybridized carbons (Fsp3) is 0.298. The van der Waals surface area contributed by atoms with Gasteiger partial charge in [-0.05, 0) is 113 Å². The highest BCUT2D eigenvalue weighted by molar-refractivity contribution is 7.99. The Morgan fingerprint density at radius 1 is 0.543 bits per heavy atom. The second-order valence-electron chi connectivity index (χ2n) is 20.4. The van der Waals surface area contributed by atoms with Crippen LogP contribution in [0.25, 0.3) is 22.2 Å². The average molecular weight is 1240 g/mol. The Hall–Kier alpha value is -6.17. The van der Waals surface area contributed by atoms with Crippen molar-refractivity contribution in [1.29, 1.82) is 0 Å². The van der Waals surface area contributed by atoms with Gasteiger partial charge in [0.1, 0.15) is 37.4 Å². The number of sulfone groups is 2. The molecule has 6 aromatic heterocycles. The molecule has 3 aromatic carbocycles. The Bertz CT molecular complexity index is 3950. The predicted molar refractivity (Wildman–Crippen MR) is 320 cm³/mol. The summed E-state index contributed by atoms with van der Waals surface area (Å²) in [6, 6.07) is 31.0. The molecule has 0 spiro atoms. The van der Waals surface area contributed by atoms with Gasteiger partial charge in [0.25, 0.3) is 10.1 Å². The normalized spacial score (nSPS) is 13.6.